The highest BCUT2D eigenvalue weighted by molar-refractivity contribution is 5.63. The summed E-state index contributed by atoms with van der Waals surface area (Å²) in [4.78, 5) is 0. The summed E-state index contributed by atoms with van der Waals surface area (Å²) >= 11 is 0. The summed E-state index contributed by atoms with van der Waals surface area (Å²) in [7, 11) is 2.06. The Morgan fingerprint density at radius 3 is 2.33 bits per heavy atom. The Morgan fingerprint density at radius 1 is 0.939 bits per heavy atom. The summed E-state index contributed by atoms with van der Waals surface area (Å²) in [5, 5.41) is 3.34. The van der Waals surface area contributed by atoms with Crippen LogP contribution in [0.1, 0.15) is 91.8 Å². The lowest BCUT2D eigenvalue weighted by molar-refractivity contribution is 0.321. The van der Waals surface area contributed by atoms with E-state index in [-0.39, 0.29) is 0 Å². The minimum atomic E-state index is 0.773. The Morgan fingerprint density at radius 2 is 1.67 bits per heavy atom. The summed E-state index contributed by atoms with van der Waals surface area (Å²) < 4.78 is 0. The molecule has 1 aliphatic rings. The van der Waals surface area contributed by atoms with Crippen molar-refractivity contribution >= 4 is 6.08 Å². The molecule has 0 unspecified atom stereocenters. The van der Waals surface area contributed by atoms with Gasteiger partial charge in [0.1, 0.15) is 0 Å². The molecule has 33 heavy (non-hydrogen) atoms. The fraction of sp³-hybridized carbons (Fsp3) is 0.562. The summed E-state index contributed by atoms with van der Waals surface area (Å²) in [5.41, 5.74) is 12.1. The van der Waals surface area contributed by atoms with Gasteiger partial charge in [-0.3, -0.25) is 0 Å². The minimum Gasteiger partial charge on any atom is -0.319 e. The average molecular weight is 446 g/mol. The Balaban J connectivity index is 1.84. The van der Waals surface area contributed by atoms with E-state index in [1.165, 1.54) is 54.4 Å². The van der Waals surface area contributed by atoms with Crippen LogP contribution in [0.15, 0.2) is 35.9 Å². The van der Waals surface area contributed by atoms with Gasteiger partial charge < -0.3 is 5.32 Å². The quantitative estimate of drug-likeness (QED) is 0.390. The predicted octanol–water partition coefficient (Wildman–Crippen LogP) is 8.03. The smallest absolute Gasteiger partial charge is 0.00112 e. The number of likely N-dealkylation sites (N-methyl/N-ethyl adjacent to an activating group) is 1. The van der Waals surface area contributed by atoms with Crippen molar-refractivity contribution < 1.29 is 0 Å². The third-order valence-corrected chi connectivity index (χ3v) is 8.06. The lowest BCUT2D eigenvalue weighted by atomic mass is 9.78. The van der Waals surface area contributed by atoms with Crippen molar-refractivity contribution in [1.82, 2.24) is 5.32 Å². The zero-order chi connectivity index (χ0) is 23.8. The largest absolute Gasteiger partial charge is 0.319 e. The van der Waals surface area contributed by atoms with E-state index in [2.05, 4.69) is 83.4 Å². The van der Waals surface area contributed by atoms with Gasteiger partial charge >= 0.3 is 0 Å². The van der Waals surface area contributed by atoms with Crippen LogP contribution in [0.2, 0.25) is 0 Å². The summed E-state index contributed by atoms with van der Waals surface area (Å²) in [6, 6.07) is 11.8. The molecule has 0 atom stereocenters. The SMILES string of the molecule is CCc1c(CCNC)ccc(CCCc2ccc(C)c(C)c2)c1/C=C(\C)C1CCC(C)CC1. The maximum Gasteiger partial charge on any atom is -0.00112 e. The van der Waals surface area contributed by atoms with Crippen molar-refractivity contribution in [2.75, 3.05) is 13.6 Å². The molecule has 1 saturated carbocycles. The van der Waals surface area contributed by atoms with Crippen molar-refractivity contribution in [1.29, 1.82) is 0 Å². The number of hydrogen-bond donors (Lipinski definition) is 1. The second-order valence-corrected chi connectivity index (χ2v) is 10.6. The first-order valence-corrected chi connectivity index (χ1v) is 13.4. The topological polar surface area (TPSA) is 12.0 Å². The molecule has 0 heterocycles. The molecule has 0 spiro atoms. The highest BCUT2D eigenvalue weighted by atomic mass is 14.8. The molecule has 1 nitrogen and oxygen atoms in total. The van der Waals surface area contributed by atoms with Crippen LogP contribution in [0, 0.1) is 25.7 Å². The third-order valence-electron chi connectivity index (χ3n) is 8.06. The van der Waals surface area contributed by atoms with Crippen LogP contribution in [0.25, 0.3) is 6.08 Å². The van der Waals surface area contributed by atoms with E-state index >= 15 is 0 Å². The lowest BCUT2D eigenvalue weighted by Gasteiger charge is -2.27. The van der Waals surface area contributed by atoms with Gasteiger partial charge in [-0.25, -0.2) is 0 Å². The molecular weight excluding hydrogens is 398 g/mol. The lowest BCUT2D eigenvalue weighted by Crippen LogP contribution is -2.14. The van der Waals surface area contributed by atoms with E-state index < -0.39 is 0 Å². The van der Waals surface area contributed by atoms with Gasteiger partial charge in [0.15, 0.2) is 0 Å². The van der Waals surface area contributed by atoms with Crippen LogP contribution in [0.4, 0.5) is 0 Å². The molecule has 0 saturated heterocycles. The number of hydrogen-bond acceptors (Lipinski definition) is 1. The third kappa shape index (κ3) is 7.06. The number of nitrogens with one attached hydrogen (secondary N) is 1. The molecule has 0 bridgehead atoms. The van der Waals surface area contributed by atoms with Crippen LogP contribution in [0.5, 0.6) is 0 Å². The number of aryl methyl sites for hydroxylation is 4. The summed E-state index contributed by atoms with van der Waals surface area (Å²) in [6.07, 6.45) is 13.9. The van der Waals surface area contributed by atoms with E-state index in [1.54, 1.807) is 22.3 Å². The molecule has 0 aliphatic heterocycles. The number of rotatable bonds is 10. The molecule has 1 fully saturated rings. The van der Waals surface area contributed by atoms with E-state index in [0.717, 1.165) is 44.1 Å². The second kappa shape index (κ2) is 12.6. The van der Waals surface area contributed by atoms with Crippen molar-refractivity contribution in [3.8, 4) is 0 Å². The molecule has 0 aromatic heterocycles. The van der Waals surface area contributed by atoms with Gasteiger partial charge in [-0.15, -0.1) is 0 Å². The van der Waals surface area contributed by atoms with E-state index in [0.29, 0.717) is 0 Å². The van der Waals surface area contributed by atoms with Gasteiger partial charge in [-0.05, 0) is 130 Å². The molecule has 3 rings (SSSR count). The van der Waals surface area contributed by atoms with Crippen LogP contribution in [0.3, 0.4) is 0 Å². The fourth-order valence-corrected chi connectivity index (χ4v) is 5.57. The molecule has 180 valence electrons. The van der Waals surface area contributed by atoms with E-state index in [1.807, 2.05) is 0 Å². The first-order valence-electron chi connectivity index (χ1n) is 13.4. The van der Waals surface area contributed by atoms with Gasteiger partial charge in [-0.1, -0.05) is 68.7 Å². The Labute approximate surface area is 204 Å². The Bertz CT molecular complexity index is 928. The van der Waals surface area contributed by atoms with E-state index in [9.17, 15) is 0 Å². The van der Waals surface area contributed by atoms with Crippen LogP contribution < -0.4 is 5.32 Å². The Hall–Kier alpha value is -1.86. The zero-order valence-corrected chi connectivity index (χ0v) is 22.2. The van der Waals surface area contributed by atoms with Crippen LogP contribution >= 0.6 is 0 Å². The maximum atomic E-state index is 3.34. The highest BCUT2D eigenvalue weighted by Crippen LogP contribution is 2.35. The minimum absolute atomic E-state index is 0.773. The summed E-state index contributed by atoms with van der Waals surface area (Å²) in [6.45, 7) is 12.6. The van der Waals surface area contributed by atoms with Crippen LogP contribution in [-0.4, -0.2) is 13.6 Å². The van der Waals surface area contributed by atoms with Crippen molar-refractivity contribution in [3.05, 3.63) is 74.8 Å². The average Bonchev–Trinajstić information content (AvgIpc) is 2.81. The van der Waals surface area contributed by atoms with Gasteiger partial charge in [0.2, 0.25) is 0 Å². The van der Waals surface area contributed by atoms with Crippen molar-refractivity contribution in [2.24, 2.45) is 11.8 Å². The van der Waals surface area contributed by atoms with E-state index in [4.69, 9.17) is 0 Å². The molecule has 2 aromatic carbocycles. The second-order valence-electron chi connectivity index (χ2n) is 10.6. The number of benzene rings is 2. The molecule has 0 radical (unpaired) electrons. The monoisotopic (exact) mass is 445 g/mol. The van der Waals surface area contributed by atoms with Gasteiger partial charge in [0.25, 0.3) is 0 Å². The molecule has 0 amide bonds. The summed E-state index contributed by atoms with van der Waals surface area (Å²) in [5.74, 6) is 1.68. The highest BCUT2D eigenvalue weighted by Gasteiger charge is 2.20. The van der Waals surface area contributed by atoms with Gasteiger partial charge in [0.05, 0.1) is 0 Å². The Kier molecular flexibility index (Phi) is 9.80. The molecule has 2 aromatic rings. The van der Waals surface area contributed by atoms with Crippen molar-refractivity contribution in [3.63, 3.8) is 0 Å². The standard InChI is InChI=1S/C32H47N/c1-7-31-30(19-20-33-6)18-17-29(10-8-9-27-14-13-24(3)25(4)21-27)32(31)22-26(5)28-15-11-23(2)12-16-28/h13-14,17-18,21-23,28,33H,7-12,15-16,19-20H2,1-6H3/b26-22+. The van der Waals surface area contributed by atoms with Gasteiger partial charge in [-0.2, -0.15) is 0 Å². The van der Waals surface area contributed by atoms with Gasteiger partial charge in [0, 0.05) is 0 Å². The predicted molar refractivity (Wildman–Crippen MR) is 146 cm³/mol. The van der Waals surface area contributed by atoms with Crippen LogP contribution in [-0.2, 0) is 25.7 Å². The maximum absolute atomic E-state index is 3.34. The molecule has 1 heteroatoms. The molecule has 1 N–H and O–H groups in total. The number of allylic oxidation sites excluding steroid dienone is 1. The normalized spacial score (nSPS) is 19.2. The molecule has 1 aliphatic carbocycles. The first-order chi connectivity index (χ1) is 15.9. The first kappa shape index (κ1) is 25.8. The molecular formula is C32H47N. The zero-order valence-electron chi connectivity index (χ0n) is 22.2. The fourth-order valence-electron chi connectivity index (χ4n) is 5.57. The van der Waals surface area contributed by atoms with Crippen molar-refractivity contribution in [2.45, 2.75) is 92.4 Å².